The van der Waals surface area contributed by atoms with Crippen molar-refractivity contribution in [1.82, 2.24) is 5.16 Å². The van der Waals surface area contributed by atoms with E-state index in [0.29, 0.717) is 5.88 Å². The first-order valence-electron chi connectivity index (χ1n) is 8.47. The predicted molar refractivity (Wildman–Crippen MR) is 97.2 cm³/mol. The van der Waals surface area contributed by atoms with Crippen LogP contribution in [-0.2, 0) is 9.53 Å². The Labute approximate surface area is 147 Å². The number of carbonyl (C=O) groups is 1. The van der Waals surface area contributed by atoms with Gasteiger partial charge in [-0.2, -0.15) is 0 Å². The van der Waals surface area contributed by atoms with Gasteiger partial charge in [0.1, 0.15) is 6.04 Å². The molecule has 1 aliphatic heterocycles. The lowest BCUT2D eigenvalue weighted by molar-refractivity contribution is -0.116. The summed E-state index contributed by atoms with van der Waals surface area (Å²) in [5.74, 6) is 0.184. The van der Waals surface area contributed by atoms with E-state index in [2.05, 4.69) is 32.8 Å². The van der Waals surface area contributed by atoms with Crippen LogP contribution >= 0.6 is 0 Å². The fraction of sp³-hybridized carbons (Fsp3) is 0.444. The third kappa shape index (κ3) is 4.30. The van der Waals surface area contributed by atoms with Gasteiger partial charge in [-0.15, -0.1) is 0 Å². The largest absolute Gasteiger partial charge is 0.378 e. The second-order valence-corrected chi connectivity index (χ2v) is 6.29. The summed E-state index contributed by atoms with van der Waals surface area (Å²) in [6.07, 6.45) is 0. The number of nitrogens with zero attached hydrogens (tertiary/aromatic N) is 2. The van der Waals surface area contributed by atoms with Gasteiger partial charge in [-0.1, -0.05) is 5.16 Å². The first-order valence-corrected chi connectivity index (χ1v) is 8.47. The van der Waals surface area contributed by atoms with Gasteiger partial charge in [0.15, 0.2) is 0 Å². The van der Waals surface area contributed by atoms with Crippen LogP contribution in [0.2, 0.25) is 0 Å². The number of amides is 1. The molecule has 0 saturated carbocycles. The van der Waals surface area contributed by atoms with Crippen LogP contribution in [-0.4, -0.2) is 43.4 Å². The SMILES string of the molecule is Cc1cc(NC(=O)[C@H](C)Nc2ccc(N3CCOCC3)cc2C)on1. The molecule has 0 bridgehead atoms. The molecule has 1 amide bonds. The minimum Gasteiger partial charge on any atom is -0.378 e. The molecule has 1 aromatic heterocycles. The van der Waals surface area contributed by atoms with Crippen molar-refractivity contribution in [3.8, 4) is 0 Å². The Kier molecular flexibility index (Phi) is 5.23. The van der Waals surface area contributed by atoms with E-state index in [-0.39, 0.29) is 5.91 Å². The maximum absolute atomic E-state index is 12.3. The normalized spacial score (nSPS) is 15.7. The summed E-state index contributed by atoms with van der Waals surface area (Å²) in [5, 5.41) is 9.72. The molecule has 1 aliphatic rings. The highest BCUT2D eigenvalue weighted by Crippen LogP contribution is 2.24. The molecule has 7 heteroatoms. The first kappa shape index (κ1) is 17.3. The van der Waals surface area contributed by atoms with Crippen LogP contribution in [0, 0.1) is 13.8 Å². The number of aromatic nitrogens is 1. The van der Waals surface area contributed by atoms with Crippen molar-refractivity contribution in [2.24, 2.45) is 0 Å². The van der Waals surface area contributed by atoms with E-state index in [4.69, 9.17) is 9.26 Å². The molecule has 2 aromatic rings. The molecule has 0 spiro atoms. The Balaban J connectivity index is 1.62. The van der Waals surface area contributed by atoms with Gasteiger partial charge in [-0.3, -0.25) is 10.1 Å². The van der Waals surface area contributed by atoms with Gasteiger partial charge in [0.2, 0.25) is 11.8 Å². The summed E-state index contributed by atoms with van der Waals surface area (Å²) in [6.45, 7) is 8.99. The number of nitrogens with one attached hydrogen (secondary N) is 2. The standard InChI is InChI=1S/C18H24N4O3/c1-12-10-15(22-6-8-24-9-7-22)4-5-16(12)19-14(3)18(23)20-17-11-13(2)21-25-17/h4-5,10-11,14,19H,6-9H2,1-3H3,(H,20,23)/t14-/m0/s1. The maximum atomic E-state index is 12.3. The molecule has 3 rings (SSSR count). The smallest absolute Gasteiger partial charge is 0.248 e. The Morgan fingerprint density at radius 3 is 2.64 bits per heavy atom. The van der Waals surface area contributed by atoms with Gasteiger partial charge in [0.25, 0.3) is 0 Å². The Morgan fingerprint density at radius 2 is 2.00 bits per heavy atom. The first-order chi connectivity index (χ1) is 12.0. The van der Waals surface area contributed by atoms with Crippen LogP contribution in [0.15, 0.2) is 28.8 Å². The molecule has 25 heavy (non-hydrogen) atoms. The molecule has 0 aliphatic carbocycles. The second-order valence-electron chi connectivity index (χ2n) is 6.29. The van der Waals surface area contributed by atoms with Gasteiger partial charge in [-0.25, -0.2) is 0 Å². The average Bonchev–Trinajstić information content (AvgIpc) is 3.02. The van der Waals surface area contributed by atoms with Crippen LogP contribution in [0.1, 0.15) is 18.2 Å². The zero-order chi connectivity index (χ0) is 17.8. The van der Waals surface area contributed by atoms with Crippen molar-refractivity contribution >= 4 is 23.2 Å². The zero-order valence-corrected chi connectivity index (χ0v) is 14.8. The highest BCUT2D eigenvalue weighted by molar-refractivity contribution is 5.95. The minimum atomic E-state index is -0.404. The van der Waals surface area contributed by atoms with Crippen LogP contribution < -0.4 is 15.5 Å². The van der Waals surface area contributed by atoms with Gasteiger partial charge in [0.05, 0.1) is 18.9 Å². The predicted octanol–water partition coefficient (Wildman–Crippen LogP) is 2.57. The monoisotopic (exact) mass is 344 g/mol. The minimum absolute atomic E-state index is 0.173. The Bertz CT molecular complexity index is 738. The number of benzene rings is 1. The van der Waals surface area contributed by atoms with Crippen molar-refractivity contribution < 1.29 is 14.1 Å². The van der Waals surface area contributed by atoms with Crippen LogP contribution in [0.4, 0.5) is 17.3 Å². The molecular formula is C18H24N4O3. The van der Waals surface area contributed by atoms with Crippen LogP contribution in [0.5, 0.6) is 0 Å². The molecule has 0 radical (unpaired) electrons. The molecule has 2 heterocycles. The molecular weight excluding hydrogens is 320 g/mol. The van der Waals surface area contributed by atoms with Crippen molar-refractivity contribution in [3.05, 3.63) is 35.5 Å². The Morgan fingerprint density at radius 1 is 1.24 bits per heavy atom. The number of hydrogen-bond donors (Lipinski definition) is 2. The maximum Gasteiger partial charge on any atom is 0.248 e. The van der Waals surface area contributed by atoms with Crippen molar-refractivity contribution in [2.45, 2.75) is 26.8 Å². The lowest BCUT2D eigenvalue weighted by Crippen LogP contribution is -2.36. The van der Waals surface area contributed by atoms with E-state index in [9.17, 15) is 4.79 Å². The number of aryl methyl sites for hydroxylation is 2. The molecule has 7 nitrogen and oxygen atoms in total. The molecule has 2 N–H and O–H groups in total. The quantitative estimate of drug-likeness (QED) is 0.868. The molecule has 134 valence electrons. The van der Waals surface area contributed by atoms with Crippen molar-refractivity contribution in [1.29, 1.82) is 0 Å². The molecule has 1 atom stereocenters. The van der Waals surface area contributed by atoms with Crippen LogP contribution in [0.25, 0.3) is 0 Å². The van der Waals surface area contributed by atoms with E-state index >= 15 is 0 Å². The average molecular weight is 344 g/mol. The molecule has 1 fully saturated rings. The fourth-order valence-electron chi connectivity index (χ4n) is 2.78. The summed E-state index contributed by atoms with van der Waals surface area (Å²) >= 11 is 0. The molecule has 1 aromatic carbocycles. The second kappa shape index (κ2) is 7.57. The molecule has 1 saturated heterocycles. The van der Waals surface area contributed by atoms with Crippen molar-refractivity contribution in [2.75, 3.05) is 41.8 Å². The highest BCUT2D eigenvalue weighted by atomic mass is 16.5. The van der Waals surface area contributed by atoms with E-state index in [1.165, 1.54) is 5.69 Å². The number of morpholine rings is 1. The summed E-state index contributed by atoms with van der Waals surface area (Å²) in [4.78, 5) is 14.6. The fourth-order valence-corrected chi connectivity index (χ4v) is 2.78. The van der Waals surface area contributed by atoms with Gasteiger partial charge in [-0.05, 0) is 44.5 Å². The van der Waals surface area contributed by atoms with Gasteiger partial charge >= 0.3 is 0 Å². The lowest BCUT2D eigenvalue weighted by Gasteiger charge is -2.29. The van der Waals surface area contributed by atoms with E-state index < -0.39 is 6.04 Å². The lowest BCUT2D eigenvalue weighted by atomic mass is 10.1. The van der Waals surface area contributed by atoms with E-state index in [1.54, 1.807) is 13.0 Å². The third-order valence-corrected chi connectivity index (χ3v) is 4.23. The molecule has 0 unspecified atom stereocenters. The van der Waals surface area contributed by atoms with Gasteiger partial charge in [0, 0.05) is 30.5 Å². The van der Waals surface area contributed by atoms with E-state index in [0.717, 1.165) is 43.2 Å². The topological polar surface area (TPSA) is 79.6 Å². The van der Waals surface area contributed by atoms with E-state index in [1.807, 2.05) is 19.9 Å². The Hall–Kier alpha value is -2.54. The number of carbonyl (C=O) groups excluding carboxylic acids is 1. The van der Waals surface area contributed by atoms with Crippen LogP contribution in [0.3, 0.4) is 0 Å². The summed E-state index contributed by atoms with van der Waals surface area (Å²) in [6, 6.07) is 7.51. The summed E-state index contributed by atoms with van der Waals surface area (Å²) in [7, 11) is 0. The number of hydrogen-bond acceptors (Lipinski definition) is 6. The number of rotatable bonds is 5. The highest BCUT2D eigenvalue weighted by Gasteiger charge is 2.17. The summed E-state index contributed by atoms with van der Waals surface area (Å²) in [5.41, 5.74) is 3.94. The van der Waals surface area contributed by atoms with Gasteiger partial charge < -0.3 is 19.5 Å². The number of ether oxygens (including phenoxy) is 1. The van der Waals surface area contributed by atoms with Crippen molar-refractivity contribution in [3.63, 3.8) is 0 Å². The summed E-state index contributed by atoms with van der Waals surface area (Å²) < 4.78 is 10.4. The third-order valence-electron chi connectivity index (χ3n) is 4.23. The zero-order valence-electron chi connectivity index (χ0n) is 14.8. The number of anilines is 3.